The molecule has 0 aromatic heterocycles. The smallest absolute Gasteiger partial charge is 0.251 e. The number of rotatable bonds is 4. The van der Waals surface area contributed by atoms with Gasteiger partial charge in [0.25, 0.3) is 5.91 Å². The molecule has 1 atom stereocenters. The lowest BCUT2D eigenvalue weighted by molar-refractivity contribution is -0.132. The number of likely N-dealkylation sites (tertiary alicyclic amines) is 1. The topological polar surface area (TPSA) is 35.9 Å². The average molecular weight is 406 g/mol. The van der Waals surface area contributed by atoms with E-state index >= 15 is 0 Å². The molecule has 0 saturated carbocycles. The molecule has 4 rings (SSSR count). The van der Waals surface area contributed by atoms with Crippen LogP contribution in [-0.2, 0) is 17.9 Å². The third-order valence-corrected chi connectivity index (χ3v) is 5.54. The van der Waals surface area contributed by atoms with Crippen LogP contribution in [0.3, 0.4) is 0 Å². The van der Waals surface area contributed by atoms with Crippen molar-refractivity contribution in [3.05, 3.63) is 69.5 Å². The van der Waals surface area contributed by atoms with Gasteiger partial charge < -0.3 is 0 Å². The largest absolute Gasteiger partial charge is 0.293 e. The molecule has 1 unspecified atom stereocenters. The van der Waals surface area contributed by atoms with E-state index in [0.717, 1.165) is 35.8 Å². The van der Waals surface area contributed by atoms with E-state index in [1.807, 2.05) is 24.3 Å². The predicted molar refractivity (Wildman–Crippen MR) is 104 cm³/mol. The zero-order valence-corrected chi connectivity index (χ0v) is 16.0. The quantitative estimate of drug-likeness (QED) is 0.757. The van der Waals surface area contributed by atoms with Crippen molar-refractivity contribution in [2.75, 3.05) is 13.1 Å². The highest BCUT2D eigenvalue weighted by atomic mass is 35.5. The van der Waals surface area contributed by atoms with Crippen molar-refractivity contribution in [2.45, 2.75) is 19.5 Å². The molecule has 27 heavy (non-hydrogen) atoms. The van der Waals surface area contributed by atoms with Gasteiger partial charge in [0.1, 0.15) is 5.82 Å². The van der Waals surface area contributed by atoms with Crippen LogP contribution in [0.2, 0.25) is 10.0 Å². The molecule has 1 amide bonds. The maximum absolute atomic E-state index is 13.2. The molecule has 0 N–H and O–H groups in total. The van der Waals surface area contributed by atoms with Crippen LogP contribution in [0.5, 0.6) is 0 Å². The van der Waals surface area contributed by atoms with Crippen LogP contribution in [0.4, 0.5) is 4.39 Å². The van der Waals surface area contributed by atoms with Gasteiger partial charge in [-0.25, -0.2) is 9.40 Å². The van der Waals surface area contributed by atoms with E-state index in [0.29, 0.717) is 17.1 Å². The van der Waals surface area contributed by atoms with Crippen LogP contribution in [0.15, 0.2) is 47.6 Å². The van der Waals surface area contributed by atoms with Crippen molar-refractivity contribution in [1.82, 2.24) is 9.91 Å². The highest BCUT2D eigenvalue weighted by molar-refractivity contribution is 6.31. The molecular formula is C20H18Cl2FN3O. The summed E-state index contributed by atoms with van der Waals surface area (Å²) in [6.45, 7) is 2.50. The van der Waals surface area contributed by atoms with Gasteiger partial charge in [-0.2, -0.15) is 5.10 Å². The minimum absolute atomic E-state index is 0.00667. The Hall–Kier alpha value is -1.95. The van der Waals surface area contributed by atoms with Crippen molar-refractivity contribution in [2.24, 2.45) is 11.0 Å². The minimum Gasteiger partial charge on any atom is -0.293 e. The Morgan fingerprint density at radius 1 is 1.15 bits per heavy atom. The normalized spacial score (nSPS) is 20.0. The van der Waals surface area contributed by atoms with Gasteiger partial charge in [0.05, 0.1) is 18.2 Å². The first-order chi connectivity index (χ1) is 13.0. The van der Waals surface area contributed by atoms with Crippen LogP contribution >= 0.6 is 23.2 Å². The van der Waals surface area contributed by atoms with E-state index in [9.17, 15) is 9.18 Å². The number of hydrogen-bond acceptors (Lipinski definition) is 3. The summed E-state index contributed by atoms with van der Waals surface area (Å²) in [7, 11) is 0. The van der Waals surface area contributed by atoms with Gasteiger partial charge >= 0.3 is 0 Å². The highest BCUT2D eigenvalue weighted by Gasteiger charge is 2.39. The summed E-state index contributed by atoms with van der Waals surface area (Å²) < 4.78 is 13.2. The number of amides is 1. The van der Waals surface area contributed by atoms with Gasteiger partial charge in [-0.1, -0.05) is 41.4 Å². The summed E-state index contributed by atoms with van der Waals surface area (Å²) in [5, 5.41) is 7.03. The second-order valence-electron chi connectivity index (χ2n) is 6.90. The fourth-order valence-corrected chi connectivity index (χ4v) is 4.04. The summed E-state index contributed by atoms with van der Waals surface area (Å²) in [4.78, 5) is 15.0. The molecule has 2 aliphatic heterocycles. The lowest BCUT2D eigenvalue weighted by atomic mass is 9.94. The van der Waals surface area contributed by atoms with Gasteiger partial charge in [-0.05, 0) is 41.8 Å². The fraction of sp³-hybridized carbons (Fsp3) is 0.300. The number of piperidine rings is 1. The van der Waals surface area contributed by atoms with Crippen LogP contribution in [0.1, 0.15) is 17.5 Å². The molecule has 0 radical (unpaired) electrons. The van der Waals surface area contributed by atoms with E-state index in [2.05, 4.69) is 10.0 Å². The maximum atomic E-state index is 13.2. The van der Waals surface area contributed by atoms with E-state index in [1.54, 1.807) is 6.07 Å². The molecule has 4 nitrogen and oxygen atoms in total. The van der Waals surface area contributed by atoms with Crippen LogP contribution < -0.4 is 0 Å². The van der Waals surface area contributed by atoms with E-state index in [4.69, 9.17) is 23.2 Å². The Bertz CT molecular complexity index is 918. The lowest BCUT2D eigenvalue weighted by Crippen LogP contribution is -2.41. The zero-order valence-electron chi connectivity index (χ0n) is 14.5. The Morgan fingerprint density at radius 3 is 2.78 bits per heavy atom. The van der Waals surface area contributed by atoms with Gasteiger partial charge in [-0.15, -0.1) is 0 Å². The monoisotopic (exact) mass is 405 g/mol. The van der Waals surface area contributed by atoms with E-state index in [-0.39, 0.29) is 18.4 Å². The first kappa shape index (κ1) is 18.4. The van der Waals surface area contributed by atoms with Crippen molar-refractivity contribution in [1.29, 1.82) is 0 Å². The molecule has 1 fully saturated rings. The SMILES string of the molecule is O=C1C2CCN(Cc3cccc(Cl)c3)CC2=NN1Cc1ccc(F)cc1Cl. The average Bonchev–Trinajstić information content (AvgIpc) is 2.93. The van der Waals surface area contributed by atoms with Gasteiger partial charge in [0.2, 0.25) is 0 Å². The lowest BCUT2D eigenvalue weighted by Gasteiger charge is -2.29. The predicted octanol–water partition coefficient (Wildman–Crippen LogP) is 4.35. The van der Waals surface area contributed by atoms with Gasteiger partial charge in [-0.3, -0.25) is 9.69 Å². The van der Waals surface area contributed by atoms with Crippen molar-refractivity contribution in [3.63, 3.8) is 0 Å². The Labute approximate surface area is 167 Å². The molecule has 2 aromatic rings. The zero-order chi connectivity index (χ0) is 19.0. The summed E-state index contributed by atoms with van der Waals surface area (Å²) in [5.74, 6) is -0.569. The van der Waals surface area contributed by atoms with E-state index < -0.39 is 5.82 Å². The molecule has 0 aliphatic carbocycles. The molecule has 2 aromatic carbocycles. The number of nitrogens with zero attached hydrogens (tertiary/aromatic N) is 3. The minimum atomic E-state index is -0.395. The Morgan fingerprint density at radius 2 is 2.00 bits per heavy atom. The second kappa shape index (κ2) is 7.58. The number of halogens is 3. The van der Waals surface area contributed by atoms with Crippen LogP contribution in [0, 0.1) is 11.7 Å². The summed E-state index contributed by atoms with van der Waals surface area (Å²) in [6.07, 6.45) is 0.742. The summed E-state index contributed by atoms with van der Waals surface area (Å²) in [5.41, 5.74) is 2.71. The van der Waals surface area contributed by atoms with Crippen LogP contribution in [-0.4, -0.2) is 34.6 Å². The third-order valence-electron chi connectivity index (χ3n) is 4.95. The highest BCUT2D eigenvalue weighted by Crippen LogP contribution is 2.28. The summed E-state index contributed by atoms with van der Waals surface area (Å²) >= 11 is 12.2. The first-order valence-corrected chi connectivity index (χ1v) is 9.54. The third kappa shape index (κ3) is 4.00. The molecule has 2 aliphatic rings. The van der Waals surface area contributed by atoms with Gasteiger partial charge in [0.15, 0.2) is 0 Å². The number of hydrogen-bond donors (Lipinski definition) is 0. The number of fused-ring (bicyclic) bond motifs is 1. The molecule has 2 heterocycles. The molecule has 1 saturated heterocycles. The van der Waals surface area contributed by atoms with E-state index in [1.165, 1.54) is 17.1 Å². The first-order valence-electron chi connectivity index (χ1n) is 8.79. The van der Waals surface area contributed by atoms with Crippen LogP contribution in [0.25, 0.3) is 0 Å². The number of benzene rings is 2. The number of carbonyl (C=O) groups excluding carboxylic acids is 1. The molecular weight excluding hydrogens is 388 g/mol. The molecule has 140 valence electrons. The molecule has 0 spiro atoms. The Kier molecular flexibility index (Phi) is 5.17. The molecule has 7 heteroatoms. The Balaban J connectivity index is 1.46. The number of carbonyl (C=O) groups is 1. The molecule has 0 bridgehead atoms. The van der Waals surface area contributed by atoms with Crippen molar-refractivity contribution >= 4 is 34.8 Å². The second-order valence-corrected chi connectivity index (χ2v) is 7.75. The maximum Gasteiger partial charge on any atom is 0.251 e. The standard InChI is InChI=1S/C20H18Cl2FN3O/c21-15-3-1-2-13(8-15)10-25-7-6-17-19(12-25)24-26(20(17)27)11-14-4-5-16(23)9-18(14)22/h1-5,8-9,17H,6-7,10-12H2. The number of hydrazone groups is 1. The van der Waals surface area contributed by atoms with Gasteiger partial charge in [0, 0.05) is 29.7 Å². The van der Waals surface area contributed by atoms with Crippen molar-refractivity contribution in [3.8, 4) is 0 Å². The van der Waals surface area contributed by atoms with Crippen molar-refractivity contribution < 1.29 is 9.18 Å². The fourth-order valence-electron chi connectivity index (χ4n) is 3.60. The summed E-state index contributed by atoms with van der Waals surface area (Å²) in [6, 6.07) is 12.0.